The summed E-state index contributed by atoms with van der Waals surface area (Å²) in [5, 5.41) is 18.8. The van der Waals surface area contributed by atoms with E-state index in [9.17, 15) is 15.2 Å². The predicted octanol–water partition coefficient (Wildman–Crippen LogP) is 4.12. The first-order valence-corrected chi connectivity index (χ1v) is 8.24. The van der Waals surface area contributed by atoms with E-state index < -0.39 is 5.97 Å². The van der Waals surface area contributed by atoms with Crippen molar-refractivity contribution >= 4 is 28.7 Å². The first-order chi connectivity index (χ1) is 13.2. The van der Waals surface area contributed by atoms with Gasteiger partial charge in [-0.3, -0.25) is 0 Å². The van der Waals surface area contributed by atoms with Crippen LogP contribution < -0.4 is 0 Å². The van der Waals surface area contributed by atoms with E-state index in [-0.39, 0.29) is 5.56 Å². The molecule has 4 rings (SSSR count). The number of para-hydroxylation sites is 2. The molecule has 0 amide bonds. The van der Waals surface area contributed by atoms with Gasteiger partial charge in [0.25, 0.3) is 0 Å². The van der Waals surface area contributed by atoms with Crippen molar-refractivity contribution in [2.45, 2.75) is 0 Å². The van der Waals surface area contributed by atoms with Gasteiger partial charge in [0, 0.05) is 17.6 Å². The number of hydrogen-bond acceptors (Lipinski definition) is 3. The van der Waals surface area contributed by atoms with E-state index in [1.165, 1.54) is 0 Å². The second-order valence-corrected chi connectivity index (χ2v) is 5.93. The minimum Gasteiger partial charge on any atom is -0.478 e. The highest BCUT2D eigenvalue weighted by Crippen LogP contribution is 2.21. The summed E-state index contributed by atoms with van der Waals surface area (Å²) in [5.41, 5.74) is 3.69. The second-order valence-electron chi connectivity index (χ2n) is 5.93. The highest BCUT2D eigenvalue weighted by atomic mass is 16.4. The first kappa shape index (κ1) is 16.4. The number of fused-ring (bicyclic) bond motifs is 1. The summed E-state index contributed by atoms with van der Waals surface area (Å²) >= 11 is 0. The molecule has 2 aromatic carbocycles. The van der Waals surface area contributed by atoms with Gasteiger partial charge in [0.15, 0.2) is 0 Å². The third-order valence-corrected chi connectivity index (χ3v) is 4.21. The standard InChI is InChI=1S/C21H14N4O2/c22-13-15(20-23-18-8-1-2-9-19(18)24-20)12-17-7-4-10-25(17)16-6-3-5-14(11-16)21(26)27/h1-12H,(H,23,24)(H,26,27). The Hall–Kier alpha value is -4.11. The molecule has 0 atom stereocenters. The van der Waals surface area contributed by atoms with E-state index in [0.717, 1.165) is 16.7 Å². The largest absolute Gasteiger partial charge is 0.478 e. The number of nitrogens with zero attached hydrogens (tertiary/aromatic N) is 3. The average Bonchev–Trinajstić information content (AvgIpc) is 3.32. The Morgan fingerprint density at radius 3 is 2.78 bits per heavy atom. The molecule has 0 aliphatic rings. The third-order valence-electron chi connectivity index (χ3n) is 4.21. The molecule has 0 saturated carbocycles. The van der Waals surface area contributed by atoms with Crippen LogP contribution in [0.15, 0.2) is 66.9 Å². The number of imidazole rings is 1. The number of aromatic nitrogens is 3. The summed E-state index contributed by atoms with van der Waals surface area (Å²) in [6.07, 6.45) is 3.55. The smallest absolute Gasteiger partial charge is 0.335 e. The molecule has 0 fully saturated rings. The van der Waals surface area contributed by atoms with E-state index in [2.05, 4.69) is 16.0 Å². The first-order valence-electron chi connectivity index (χ1n) is 8.24. The Labute approximate surface area is 154 Å². The van der Waals surface area contributed by atoms with E-state index in [1.54, 1.807) is 24.3 Å². The van der Waals surface area contributed by atoms with Gasteiger partial charge in [-0.2, -0.15) is 5.26 Å². The fourth-order valence-corrected chi connectivity index (χ4v) is 2.92. The normalized spacial score (nSPS) is 11.4. The molecule has 0 aliphatic carbocycles. The van der Waals surface area contributed by atoms with Crippen molar-refractivity contribution in [2.24, 2.45) is 0 Å². The maximum absolute atomic E-state index is 11.2. The lowest BCUT2D eigenvalue weighted by atomic mass is 10.2. The summed E-state index contributed by atoms with van der Waals surface area (Å²) in [6.45, 7) is 0. The minimum absolute atomic E-state index is 0.203. The second kappa shape index (κ2) is 6.65. The van der Waals surface area contributed by atoms with Gasteiger partial charge < -0.3 is 14.7 Å². The van der Waals surface area contributed by atoms with Gasteiger partial charge in [-0.1, -0.05) is 18.2 Å². The lowest BCUT2D eigenvalue weighted by molar-refractivity contribution is 0.0697. The van der Waals surface area contributed by atoms with Crippen molar-refractivity contribution < 1.29 is 9.90 Å². The maximum atomic E-state index is 11.2. The van der Waals surface area contributed by atoms with Gasteiger partial charge in [0.1, 0.15) is 11.9 Å². The zero-order valence-electron chi connectivity index (χ0n) is 14.1. The third kappa shape index (κ3) is 3.10. The molecule has 0 saturated heterocycles. The molecule has 2 aromatic heterocycles. The number of allylic oxidation sites excluding steroid dienone is 1. The van der Waals surface area contributed by atoms with Crippen LogP contribution in [0.5, 0.6) is 0 Å². The summed E-state index contributed by atoms with van der Waals surface area (Å²) in [4.78, 5) is 18.8. The molecular formula is C21H14N4O2. The van der Waals surface area contributed by atoms with E-state index in [0.29, 0.717) is 17.1 Å². The van der Waals surface area contributed by atoms with Crippen LogP contribution in [0.4, 0.5) is 0 Å². The summed E-state index contributed by atoms with van der Waals surface area (Å²) < 4.78 is 1.83. The molecule has 2 N–H and O–H groups in total. The average molecular weight is 354 g/mol. The van der Waals surface area contributed by atoms with E-state index >= 15 is 0 Å². The fraction of sp³-hybridized carbons (Fsp3) is 0. The molecule has 6 heteroatoms. The molecule has 130 valence electrons. The minimum atomic E-state index is -0.985. The van der Waals surface area contributed by atoms with Crippen molar-refractivity contribution in [3.63, 3.8) is 0 Å². The molecule has 0 aliphatic heterocycles. The number of aromatic amines is 1. The van der Waals surface area contributed by atoms with Gasteiger partial charge >= 0.3 is 5.97 Å². The highest BCUT2D eigenvalue weighted by molar-refractivity contribution is 5.90. The lowest BCUT2D eigenvalue weighted by Gasteiger charge is -2.08. The molecule has 0 spiro atoms. The van der Waals surface area contributed by atoms with Gasteiger partial charge in [-0.15, -0.1) is 0 Å². The molecule has 0 radical (unpaired) electrons. The Kier molecular flexibility index (Phi) is 4.03. The number of carboxylic acids is 1. The van der Waals surface area contributed by atoms with Crippen LogP contribution in [0.3, 0.4) is 0 Å². The van der Waals surface area contributed by atoms with E-state index in [1.807, 2.05) is 53.2 Å². The monoisotopic (exact) mass is 354 g/mol. The number of rotatable bonds is 4. The predicted molar refractivity (Wildman–Crippen MR) is 102 cm³/mol. The summed E-state index contributed by atoms with van der Waals surface area (Å²) in [6, 6.07) is 20.1. The van der Waals surface area contributed by atoms with Gasteiger partial charge in [-0.05, 0) is 48.5 Å². The van der Waals surface area contributed by atoms with Crippen LogP contribution in [-0.4, -0.2) is 25.6 Å². The van der Waals surface area contributed by atoms with Gasteiger partial charge in [0.05, 0.1) is 22.2 Å². The van der Waals surface area contributed by atoms with Crippen molar-refractivity contribution in [2.75, 3.05) is 0 Å². The van der Waals surface area contributed by atoms with E-state index in [4.69, 9.17) is 0 Å². The number of nitriles is 1. The van der Waals surface area contributed by atoms with Crippen LogP contribution in [0.1, 0.15) is 21.9 Å². The highest BCUT2D eigenvalue weighted by Gasteiger charge is 2.10. The molecule has 6 nitrogen and oxygen atoms in total. The number of nitrogens with one attached hydrogen (secondary N) is 1. The zero-order chi connectivity index (χ0) is 18.8. The van der Waals surface area contributed by atoms with Crippen LogP contribution >= 0.6 is 0 Å². The summed E-state index contributed by atoms with van der Waals surface area (Å²) in [5.74, 6) is -0.494. The number of hydrogen-bond donors (Lipinski definition) is 2. The molecular weight excluding hydrogens is 340 g/mol. The SMILES string of the molecule is N#CC(=Cc1cccn1-c1cccc(C(=O)O)c1)c1nc2ccccc2[nH]1. The molecule has 27 heavy (non-hydrogen) atoms. The van der Waals surface area contributed by atoms with Crippen molar-refractivity contribution in [3.8, 4) is 11.8 Å². The number of benzene rings is 2. The van der Waals surface area contributed by atoms with Crippen molar-refractivity contribution in [3.05, 3.63) is 83.9 Å². The summed E-state index contributed by atoms with van der Waals surface area (Å²) in [7, 11) is 0. The Morgan fingerprint density at radius 1 is 1.15 bits per heavy atom. The van der Waals surface area contributed by atoms with Crippen LogP contribution in [-0.2, 0) is 0 Å². The maximum Gasteiger partial charge on any atom is 0.335 e. The van der Waals surface area contributed by atoms with Crippen LogP contribution in [0.2, 0.25) is 0 Å². The number of carbonyl (C=O) groups is 1. The van der Waals surface area contributed by atoms with Crippen LogP contribution in [0.25, 0.3) is 28.4 Å². The Balaban J connectivity index is 1.78. The molecule has 4 aromatic rings. The fourth-order valence-electron chi connectivity index (χ4n) is 2.92. The molecule has 0 bridgehead atoms. The Bertz CT molecular complexity index is 1190. The number of carboxylic acid groups (broad SMARTS) is 1. The molecule has 0 unspecified atom stereocenters. The lowest BCUT2D eigenvalue weighted by Crippen LogP contribution is -2.00. The number of H-pyrrole nitrogens is 1. The topological polar surface area (TPSA) is 94.7 Å². The number of aromatic carboxylic acids is 1. The van der Waals surface area contributed by atoms with Gasteiger partial charge in [0.2, 0.25) is 0 Å². The Morgan fingerprint density at radius 2 is 2.00 bits per heavy atom. The van der Waals surface area contributed by atoms with Crippen molar-refractivity contribution in [1.29, 1.82) is 5.26 Å². The molecule has 2 heterocycles. The van der Waals surface area contributed by atoms with Crippen molar-refractivity contribution in [1.82, 2.24) is 14.5 Å². The quantitative estimate of drug-likeness (QED) is 0.539. The van der Waals surface area contributed by atoms with Gasteiger partial charge in [-0.25, -0.2) is 9.78 Å². The van der Waals surface area contributed by atoms with Crippen LogP contribution in [0, 0.1) is 11.3 Å². The zero-order valence-corrected chi connectivity index (χ0v) is 14.1.